The van der Waals surface area contributed by atoms with Gasteiger partial charge >= 0.3 is 5.97 Å². The molecule has 1 aromatic rings. The van der Waals surface area contributed by atoms with Crippen LogP contribution in [0.1, 0.15) is 16.2 Å². The topological polar surface area (TPSA) is 52.1 Å². The molecule has 0 amide bonds. The zero-order chi connectivity index (χ0) is 9.14. The summed E-state index contributed by atoms with van der Waals surface area (Å²) in [4.78, 5) is 18.7. The Morgan fingerprint density at radius 3 is 2.75 bits per heavy atom. The lowest BCUT2D eigenvalue weighted by Gasteiger charge is -1.99. The molecule has 12 heavy (non-hydrogen) atoms. The Balaban J connectivity index is 3.08. The first-order valence-electron chi connectivity index (χ1n) is 3.26. The molecule has 0 aliphatic carbocycles. The predicted octanol–water partition coefficient (Wildman–Crippen LogP) is 0.860. The van der Waals surface area contributed by atoms with Gasteiger partial charge in [0, 0.05) is 5.69 Å². The maximum absolute atomic E-state index is 11.0. The van der Waals surface area contributed by atoms with E-state index in [-0.39, 0.29) is 10.9 Å². The van der Waals surface area contributed by atoms with Crippen LogP contribution in [-0.2, 0) is 4.74 Å². The Hall–Kier alpha value is -1.10. The van der Waals surface area contributed by atoms with Crippen molar-refractivity contribution in [3.8, 4) is 0 Å². The molecule has 5 heteroatoms. The second-order valence-corrected chi connectivity index (χ2v) is 2.59. The van der Waals surface area contributed by atoms with Crippen LogP contribution in [0.25, 0.3) is 0 Å². The molecule has 0 spiro atoms. The number of nitrogens with zero attached hydrogens (tertiary/aromatic N) is 2. The van der Waals surface area contributed by atoms with Crippen molar-refractivity contribution in [1.29, 1.82) is 0 Å². The standard InChI is InChI=1S/C7H8N2O2S/c1-4-3-5(6(10)11-2)9-7(12)8-4/h3H,1-2H3,(H,8,9,12). The number of aryl methyl sites for hydroxylation is 1. The molecular weight excluding hydrogens is 176 g/mol. The van der Waals surface area contributed by atoms with Crippen LogP contribution in [0.15, 0.2) is 11.2 Å². The molecule has 0 saturated carbocycles. The van der Waals surface area contributed by atoms with E-state index in [2.05, 4.69) is 27.3 Å². The third-order valence-corrected chi connectivity index (χ3v) is 1.44. The Morgan fingerprint density at radius 1 is 1.58 bits per heavy atom. The summed E-state index contributed by atoms with van der Waals surface area (Å²) < 4.78 is 4.48. The molecule has 0 aromatic carbocycles. The summed E-state index contributed by atoms with van der Waals surface area (Å²) in [5.74, 6) is -0.476. The van der Waals surface area contributed by atoms with Crippen molar-refractivity contribution in [2.45, 2.75) is 12.1 Å². The molecule has 1 aromatic heterocycles. The lowest BCUT2D eigenvalue weighted by molar-refractivity contribution is 0.0592. The van der Waals surface area contributed by atoms with E-state index in [1.54, 1.807) is 13.0 Å². The first-order chi connectivity index (χ1) is 5.63. The van der Waals surface area contributed by atoms with E-state index >= 15 is 0 Å². The summed E-state index contributed by atoms with van der Waals surface area (Å²) in [5.41, 5.74) is 0.922. The summed E-state index contributed by atoms with van der Waals surface area (Å²) in [5, 5.41) is 0.274. The Morgan fingerprint density at radius 2 is 2.25 bits per heavy atom. The van der Waals surface area contributed by atoms with Gasteiger partial charge in [0.1, 0.15) is 0 Å². The van der Waals surface area contributed by atoms with Crippen LogP contribution >= 0.6 is 12.6 Å². The van der Waals surface area contributed by atoms with E-state index in [1.165, 1.54) is 7.11 Å². The van der Waals surface area contributed by atoms with Gasteiger partial charge in [-0.25, -0.2) is 14.8 Å². The Kier molecular flexibility index (Phi) is 2.65. The number of carbonyl (C=O) groups excluding carboxylic acids is 1. The second kappa shape index (κ2) is 3.53. The predicted molar refractivity (Wildman–Crippen MR) is 45.4 cm³/mol. The van der Waals surface area contributed by atoms with Gasteiger partial charge in [0.25, 0.3) is 0 Å². The number of methoxy groups -OCH3 is 1. The smallest absolute Gasteiger partial charge is 0.356 e. The van der Waals surface area contributed by atoms with Crippen molar-refractivity contribution < 1.29 is 9.53 Å². The van der Waals surface area contributed by atoms with Crippen LogP contribution in [0.2, 0.25) is 0 Å². The first kappa shape index (κ1) is 8.99. The lowest BCUT2D eigenvalue weighted by atomic mass is 10.3. The van der Waals surface area contributed by atoms with Gasteiger partial charge in [-0.2, -0.15) is 0 Å². The summed E-state index contributed by atoms with van der Waals surface area (Å²) in [7, 11) is 1.30. The molecule has 64 valence electrons. The molecule has 0 atom stereocenters. The fourth-order valence-electron chi connectivity index (χ4n) is 0.762. The van der Waals surface area contributed by atoms with Crippen molar-refractivity contribution in [3.05, 3.63) is 17.5 Å². The van der Waals surface area contributed by atoms with E-state index in [1.807, 2.05) is 0 Å². The van der Waals surface area contributed by atoms with E-state index in [9.17, 15) is 4.79 Å². The minimum atomic E-state index is -0.476. The van der Waals surface area contributed by atoms with E-state index in [0.717, 1.165) is 0 Å². The molecule has 0 fully saturated rings. The minimum Gasteiger partial charge on any atom is -0.464 e. The van der Waals surface area contributed by atoms with E-state index in [0.29, 0.717) is 5.69 Å². The molecule has 4 nitrogen and oxygen atoms in total. The number of hydrogen-bond acceptors (Lipinski definition) is 5. The number of thiol groups is 1. The van der Waals surface area contributed by atoms with E-state index < -0.39 is 5.97 Å². The highest BCUT2D eigenvalue weighted by Gasteiger charge is 2.08. The number of esters is 1. The van der Waals surface area contributed by atoms with Crippen LogP contribution in [0.4, 0.5) is 0 Å². The quantitative estimate of drug-likeness (QED) is 0.399. The number of rotatable bonds is 1. The molecule has 0 aliphatic heterocycles. The number of aromatic nitrogens is 2. The van der Waals surface area contributed by atoms with Gasteiger partial charge in [-0.3, -0.25) is 0 Å². The fourth-order valence-corrected chi connectivity index (χ4v) is 1.03. The SMILES string of the molecule is COC(=O)c1cc(C)nc(S)n1. The highest BCUT2D eigenvalue weighted by atomic mass is 32.1. The molecular formula is C7H8N2O2S. The molecule has 1 heterocycles. The van der Waals surface area contributed by atoms with Gasteiger partial charge in [0.2, 0.25) is 0 Å². The minimum absolute atomic E-state index is 0.231. The average molecular weight is 184 g/mol. The summed E-state index contributed by atoms with van der Waals surface area (Å²) in [6.45, 7) is 1.76. The zero-order valence-electron chi connectivity index (χ0n) is 6.74. The fraction of sp³-hybridized carbons (Fsp3) is 0.286. The lowest BCUT2D eigenvalue weighted by Crippen LogP contribution is -2.06. The zero-order valence-corrected chi connectivity index (χ0v) is 7.63. The van der Waals surface area contributed by atoms with Crippen molar-refractivity contribution in [3.63, 3.8) is 0 Å². The van der Waals surface area contributed by atoms with Crippen molar-refractivity contribution >= 4 is 18.6 Å². The molecule has 0 bridgehead atoms. The van der Waals surface area contributed by atoms with Gasteiger partial charge in [-0.15, -0.1) is 12.6 Å². The van der Waals surface area contributed by atoms with Gasteiger partial charge in [0.05, 0.1) is 7.11 Å². The van der Waals surface area contributed by atoms with Crippen LogP contribution in [0, 0.1) is 6.92 Å². The highest BCUT2D eigenvalue weighted by molar-refractivity contribution is 7.80. The highest BCUT2D eigenvalue weighted by Crippen LogP contribution is 2.04. The summed E-state index contributed by atoms with van der Waals surface area (Å²) >= 11 is 3.93. The van der Waals surface area contributed by atoms with Crippen LogP contribution in [-0.4, -0.2) is 23.0 Å². The molecule has 0 radical (unpaired) electrons. The largest absolute Gasteiger partial charge is 0.464 e. The molecule has 0 saturated heterocycles. The van der Waals surface area contributed by atoms with Gasteiger partial charge < -0.3 is 4.74 Å². The third-order valence-electron chi connectivity index (χ3n) is 1.24. The van der Waals surface area contributed by atoms with Crippen LogP contribution in [0.3, 0.4) is 0 Å². The molecule has 0 unspecified atom stereocenters. The Labute approximate surface area is 75.4 Å². The first-order valence-corrected chi connectivity index (χ1v) is 3.71. The number of hydrogen-bond donors (Lipinski definition) is 1. The molecule has 0 aliphatic rings. The number of carbonyl (C=O) groups is 1. The normalized spacial score (nSPS) is 9.58. The maximum Gasteiger partial charge on any atom is 0.356 e. The second-order valence-electron chi connectivity index (χ2n) is 2.19. The van der Waals surface area contributed by atoms with Crippen molar-refractivity contribution in [1.82, 2.24) is 9.97 Å². The molecule has 0 N–H and O–H groups in total. The Bertz CT molecular complexity index is 294. The van der Waals surface area contributed by atoms with Gasteiger partial charge in [-0.1, -0.05) is 0 Å². The molecule has 1 rings (SSSR count). The monoisotopic (exact) mass is 184 g/mol. The van der Waals surface area contributed by atoms with Crippen LogP contribution in [0.5, 0.6) is 0 Å². The van der Waals surface area contributed by atoms with E-state index in [4.69, 9.17) is 0 Å². The maximum atomic E-state index is 11.0. The summed E-state index contributed by atoms with van der Waals surface area (Å²) in [6, 6.07) is 1.55. The van der Waals surface area contributed by atoms with Gasteiger partial charge in [0.15, 0.2) is 10.9 Å². The van der Waals surface area contributed by atoms with Gasteiger partial charge in [-0.05, 0) is 13.0 Å². The number of ether oxygens (including phenoxy) is 1. The van der Waals surface area contributed by atoms with Crippen LogP contribution < -0.4 is 0 Å². The van der Waals surface area contributed by atoms with Crippen molar-refractivity contribution in [2.24, 2.45) is 0 Å². The average Bonchev–Trinajstić information content (AvgIpc) is 2.01. The summed E-state index contributed by atoms with van der Waals surface area (Å²) in [6.07, 6.45) is 0. The third kappa shape index (κ3) is 1.94. The van der Waals surface area contributed by atoms with Crippen molar-refractivity contribution in [2.75, 3.05) is 7.11 Å².